The van der Waals surface area contributed by atoms with Gasteiger partial charge in [-0.1, -0.05) is 11.6 Å². The van der Waals surface area contributed by atoms with Crippen LogP contribution in [0.1, 0.15) is 20.8 Å². The lowest BCUT2D eigenvalue weighted by Crippen LogP contribution is -2.61. The number of benzene rings is 1. The highest BCUT2D eigenvalue weighted by Crippen LogP contribution is 2.23. The van der Waals surface area contributed by atoms with E-state index in [9.17, 15) is 0 Å². The van der Waals surface area contributed by atoms with E-state index >= 15 is 0 Å². The van der Waals surface area contributed by atoms with Crippen molar-refractivity contribution in [2.75, 3.05) is 18.0 Å². The first kappa shape index (κ1) is 11.7. The molecular weight excluding hydrogens is 220 g/mol. The Morgan fingerprint density at radius 3 is 2.50 bits per heavy atom. The Kier molecular flexibility index (Phi) is 3.13. The van der Waals surface area contributed by atoms with Crippen LogP contribution >= 0.6 is 11.6 Å². The molecule has 1 aliphatic heterocycles. The van der Waals surface area contributed by atoms with Gasteiger partial charge in [-0.2, -0.15) is 0 Å². The summed E-state index contributed by atoms with van der Waals surface area (Å²) in [6, 6.07) is 8.61. The van der Waals surface area contributed by atoms with Crippen molar-refractivity contribution in [2.24, 2.45) is 0 Å². The molecule has 0 saturated carbocycles. The van der Waals surface area contributed by atoms with Gasteiger partial charge in [0.15, 0.2) is 0 Å². The van der Waals surface area contributed by atoms with Crippen molar-refractivity contribution in [1.29, 1.82) is 0 Å². The number of rotatable bonds is 1. The summed E-state index contributed by atoms with van der Waals surface area (Å²) in [6.07, 6.45) is 0. The molecule has 2 nitrogen and oxygen atoms in total. The molecular formula is C13H19ClN2. The summed E-state index contributed by atoms with van der Waals surface area (Å²) in [7, 11) is 0. The van der Waals surface area contributed by atoms with Crippen LogP contribution in [0.5, 0.6) is 0 Å². The fourth-order valence-electron chi connectivity index (χ4n) is 2.48. The van der Waals surface area contributed by atoms with Crippen molar-refractivity contribution in [3.05, 3.63) is 29.3 Å². The quantitative estimate of drug-likeness (QED) is 0.810. The second-order valence-electron chi connectivity index (χ2n) is 5.29. The molecule has 88 valence electrons. The van der Waals surface area contributed by atoms with Gasteiger partial charge in [-0.25, -0.2) is 0 Å². The lowest BCUT2D eigenvalue weighted by Gasteiger charge is -2.44. The van der Waals surface area contributed by atoms with Crippen LogP contribution in [0.2, 0.25) is 5.02 Å². The maximum Gasteiger partial charge on any atom is 0.0407 e. The van der Waals surface area contributed by atoms with Gasteiger partial charge in [-0.3, -0.25) is 0 Å². The van der Waals surface area contributed by atoms with Crippen LogP contribution in [0.25, 0.3) is 0 Å². The summed E-state index contributed by atoms with van der Waals surface area (Å²) in [6.45, 7) is 8.78. The van der Waals surface area contributed by atoms with Crippen LogP contribution in [0.15, 0.2) is 24.3 Å². The second-order valence-corrected chi connectivity index (χ2v) is 5.72. The average molecular weight is 239 g/mol. The number of nitrogens with one attached hydrogen (secondary N) is 1. The topological polar surface area (TPSA) is 15.3 Å². The van der Waals surface area contributed by atoms with Crippen molar-refractivity contribution in [3.8, 4) is 0 Å². The molecule has 1 fully saturated rings. The first-order valence-corrected chi connectivity index (χ1v) is 6.12. The molecule has 1 atom stereocenters. The highest BCUT2D eigenvalue weighted by molar-refractivity contribution is 6.30. The first-order chi connectivity index (χ1) is 7.46. The van der Waals surface area contributed by atoms with Crippen LogP contribution in [0, 0.1) is 0 Å². The van der Waals surface area contributed by atoms with Gasteiger partial charge in [0.05, 0.1) is 0 Å². The Morgan fingerprint density at radius 2 is 1.94 bits per heavy atom. The van der Waals surface area contributed by atoms with E-state index < -0.39 is 0 Å². The Morgan fingerprint density at radius 1 is 1.31 bits per heavy atom. The number of hydrogen-bond donors (Lipinski definition) is 1. The summed E-state index contributed by atoms with van der Waals surface area (Å²) < 4.78 is 0. The summed E-state index contributed by atoms with van der Waals surface area (Å²) in [5.74, 6) is 0. The maximum atomic E-state index is 5.90. The van der Waals surface area contributed by atoms with Gasteiger partial charge in [0.25, 0.3) is 0 Å². The largest absolute Gasteiger partial charge is 0.368 e. The molecule has 0 amide bonds. The molecule has 0 bridgehead atoms. The van der Waals surface area contributed by atoms with Crippen molar-refractivity contribution in [1.82, 2.24) is 5.32 Å². The fourth-order valence-corrected chi connectivity index (χ4v) is 2.61. The van der Waals surface area contributed by atoms with E-state index in [1.165, 1.54) is 5.69 Å². The van der Waals surface area contributed by atoms with Gasteiger partial charge in [-0.05, 0) is 45.0 Å². The standard InChI is InChI=1S/C13H19ClN2/c1-10-8-16(9-13(2,3)15-10)12-6-4-11(14)5-7-12/h4-7,10,15H,8-9H2,1-3H3. The molecule has 3 heteroatoms. The number of halogens is 1. The molecule has 1 aliphatic rings. The Bertz CT molecular complexity index is 359. The molecule has 1 aromatic rings. The van der Waals surface area contributed by atoms with Crippen molar-refractivity contribution in [2.45, 2.75) is 32.4 Å². The number of anilines is 1. The van der Waals surface area contributed by atoms with Crippen LogP contribution in [-0.2, 0) is 0 Å². The lowest BCUT2D eigenvalue weighted by molar-refractivity contribution is 0.301. The highest BCUT2D eigenvalue weighted by atomic mass is 35.5. The molecule has 16 heavy (non-hydrogen) atoms. The molecule has 0 aromatic heterocycles. The summed E-state index contributed by atoms with van der Waals surface area (Å²) in [5, 5.41) is 4.40. The van der Waals surface area contributed by atoms with E-state index in [0.29, 0.717) is 6.04 Å². The Balaban J connectivity index is 2.17. The average Bonchev–Trinajstić information content (AvgIpc) is 2.15. The predicted molar refractivity (Wildman–Crippen MR) is 70.3 cm³/mol. The molecule has 0 spiro atoms. The van der Waals surface area contributed by atoms with Gasteiger partial charge in [0, 0.05) is 35.4 Å². The molecule has 2 rings (SSSR count). The fraction of sp³-hybridized carbons (Fsp3) is 0.538. The lowest BCUT2D eigenvalue weighted by atomic mass is 9.98. The van der Waals surface area contributed by atoms with Crippen molar-refractivity contribution in [3.63, 3.8) is 0 Å². The normalized spacial score (nSPS) is 24.5. The number of nitrogens with zero attached hydrogens (tertiary/aromatic N) is 1. The number of hydrogen-bond acceptors (Lipinski definition) is 2. The maximum absolute atomic E-state index is 5.90. The predicted octanol–water partition coefficient (Wildman–Crippen LogP) is 2.92. The van der Waals surface area contributed by atoms with Crippen LogP contribution in [-0.4, -0.2) is 24.7 Å². The van der Waals surface area contributed by atoms with Crippen LogP contribution in [0.4, 0.5) is 5.69 Å². The van der Waals surface area contributed by atoms with Crippen LogP contribution < -0.4 is 10.2 Å². The molecule has 0 radical (unpaired) electrons. The van der Waals surface area contributed by atoms with Crippen molar-refractivity contribution >= 4 is 17.3 Å². The van der Waals surface area contributed by atoms with Gasteiger partial charge in [0.2, 0.25) is 0 Å². The van der Waals surface area contributed by atoms with E-state index in [0.717, 1.165) is 18.1 Å². The van der Waals surface area contributed by atoms with E-state index in [4.69, 9.17) is 11.6 Å². The van der Waals surface area contributed by atoms with Crippen molar-refractivity contribution < 1.29 is 0 Å². The zero-order chi connectivity index (χ0) is 11.8. The minimum Gasteiger partial charge on any atom is -0.368 e. The molecule has 0 aliphatic carbocycles. The molecule has 1 N–H and O–H groups in total. The molecule has 1 saturated heterocycles. The smallest absolute Gasteiger partial charge is 0.0407 e. The van der Waals surface area contributed by atoms with E-state index in [1.807, 2.05) is 12.1 Å². The zero-order valence-corrected chi connectivity index (χ0v) is 10.9. The summed E-state index contributed by atoms with van der Waals surface area (Å²) >= 11 is 5.90. The summed E-state index contributed by atoms with van der Waals surface area (Å²) in [5.41, 5.74) is 1.42. The minimum atomic E-state index is 0.164. The SMILES string of the molecule is CC1CN(c2ccc(Cl)cc2)CC(C)(C)N1. The number of piperazine rings is 1. The van der Waals surface area contributed by atoms with E-state index in [2.05, 4.69) is 43.1 Å². The molecule has 1 heterocycles. The third-order valence-corrected chi connectivity index (χ3v) is 3.16. The van der Waals surface area contributed by atoms with E-state index in [1.54, 1.807) is 0 Å². The van der Waals surface area contributed by atoms with Gasteiger partial charge < -0.3 is 10.2 Å². The highest BCUT2D eigenvalue weighted by Gasteiger charge is 2.29. The molecule has 1 unspecified atom stereocenters. The molecule has 1 aromatic carbocycles. The zero-order valence-electron chi connectivity index (χ0n) is 10.1. The Hall–Kier alpha value is -0.730. The van der Waals surface area contributed by atoms with E-state index in [-0.39, 0.29) is 5.54 Å². The van der Waals surface area contributed by atoms with Gasteiger partial charge in [-0.15, -0.1) is 0 Å². The minimum absolute atomic E-state index is 0.164. The Labute approximate surface area is 103 Å². The van der Waals surface area contributed by atoms with Crippen LogP contribution in [0.3, 0.4) is 0 Å². The third-order valence-electron chi connectivity index (χ3n) is 2.91. The monoisotopic (exact) mass is 238 g/mol. The summed E-state index contributed by atoms with van der Waals surface area (Å²) in [4.78, 5) is 2.41. The third kappa shape index (κ3) is 2.69. The van der Waals surface area contributed by atoms with Gasteiger partial charge in [0.1, 0.15) is 0 Å². The first-order valence-electron chi connectivity index (χ1n) is 5.74. The second kappa shape index (κ2) is 4.27. The van der Waals surface area contributed by atoms with Gasteiger partial charge >= 0.3 is 0 Å².